The maximum Gasteiger partial charge on any atom is 0.345 e. The number of thiazole rings is 1. The Bertz CT molecular complexity index is 1180. The number of carbonyl (C=O) groups excluding carboxylic acids is 2. The molecule has 3 heterocycles. The lowest BCUT2D eigenvalue weighted by Crippen LogP contribution is -2.12. The Labute approximate surface area is 177 Å². The highest BCUT2D eigenvalue weighted by Gasteiger charge is 2.19. The van der Waals surface area contributed by atoms with E-state index in [1.165, 1.54) is 11.3 Å². The number of carbonyl (C=O) groups is 2. The van der Waals surface area contributed by atoms with Gasteiger partial charge in [0.1, 0.15) is 5.75 Å². The van der Waals surface area contributed by atoms with E-state index in [-0.39, 0.29) is 5.91 Å². The van der Waals surface area contributed by atoms with Crippen LogP contribution in [0.2, 0.25) is 0 Å². The van der Waals surface area contributed by atoms with Gasteiger partial charge in [0, 0.05) is 34.7 Å². The van der Waals surface area contributed by atoms with Crippen LogP contribution in [0.3, 0.4) is 0 Å². The highest BCUT2D eigenvalue weighted by atomic mass is 32.1. The summed E-state index contributed by atoms with van der Waals surface area (Å²) in [7, 11) is 0. The maximum absolute atomic E-state index is 12.7. The van der Waals surface area contributed by atoms with Crippen molar-refractivity contribution in [3.05, 3.63) is 88.9 Å². The third kappa shape index (κ3) is 3.99. The molecule has 1 amide bonds. The lowest BCUT2D eigenvalue weighted by atomic mass is 10.2. The number of ether oxygens (including phenoxy) is 1. The van der Waals surface area contributed by atoms with Crippen molar-refractivity contribution in [2.45, 2.75) is 13.8 Å². The minimum Gasteiger partial charge on any atom is -0.423 e. The molecule has 0 radical (unpaired) electrons. The van der Waals surface area contributed by atoms with Gasteiger partial charge in [-0.1, -0.05) is 0 Å². The first-order valence-electron chi connectivity index (χ1n) is 9.15. The highest BCUT2D eigenvalue weighted by molar-refractivity contribution is 7.12. The summed E-state index contributed by atoms with van der Waals surface area (Å²) in [4.78, 5) is 33.3. The first-order valence-corrected chi connectivity index (χ1v) is 10.0. The van der Waals surface area contributed by atoms with Gasteiger partial charge in [0.15, 0.2) is 5.13 Å². The maximum atomic E-state index is 12.7. The molecule has 7 nitrogen and oxygen atoms in total. The normalized spacial score (nSPS) is 10.6. The smallest absolute Gasteiger partial charge is 0.345 e. The van der Waals surface area contributed by atoms with Crippen LogP contribution in [-0.2, 0) is 0 Å². The lowest BCUT2D eigenvalue weighted by Gasteiger charge is -2.08. The van der Waals surface area contributed by atoms with Gasteiger partial charge in [-0.3, -0.25) is 14.3 Å². The van der Waals surface area contributed by atoms with Crippen LogP contribution in [0.25, 0.3) is 5.13 Å². The molecule has 0 bridgehead atoms. The van der Waals surface area contributed by atoms with Gasteiger partial charge in [-0.05, 0) is 56.3 Å². The van der Waals surface area contributed by atoms with E-state index in [0.717, 1.165) is 16.5 Å². The molecule has 3 aromatic heterocycles. The zero-order chi connectivity index (χ0) is 21.1. The summed E-state index contributed by atoms with van der Waals surface area (Å²) in [6, 6.07) is 11.7. The Morgan fingerprint density at radius 1 is 1.10 bits per heavy atom. The van der Waals surface area contributed by atoms with Crippen LogP contribution in [-0.4, -0.2) is 26.4 Å². The molecule has 0 saturated carbocycles. The molecule has 4 aromatic rings. The molecule has 0 saturated heterocycles. The first kappa shape index (κ1) is 19.5. The van der Waals surface area contributed by atoms with Crippen molar-refractivity contribution in [2.75, 3.05) is 5.32 Å². The average Bonchev–Trinajstić information content (AvgIpc) is 3.37. The number of benzene rings is 1. The predicted octanol–water partition coefficient (Wildman–Crippen LogP) is 4.42. The molecule has 30 heavy (non-hydrogen) atoms. The van der Waals surface area contributed by atoms with Crippen LogP contribution >= 0.6 is 11.3 Å². The van der Waals surface area contributed by atoms with Gasteiger partial charge in [-0.2, -0.15) is 0 Å². The summed E-state index contributed by atoms with van der Waals surface area (Å²) in [5.41, 5.74) is 3.19. The predicted molar refractivity (Wildman–Crippen MR) is 115 cm³/mol. The molecule has 1 aromatic carbocycles. The summed E-state index contributed by atoms with van der Waals surface area (Å²) >= 11 is 1.50. The monoisotopic (exact) mass is 418 g/mol. The standard InChI is InChI=1S/C22H18N4O3S/c1-14-12-19(15(2)26(14)22-24-10-11-30-22)21(28)29-18-7-5-16(6-8-18)20(27)25-17-4-3-9-23-13-17/h3-13H,1-2H3,(H,25,27). The van der Waals surface area contributed by atoms with E-state index in [2.05, 4.69) is 15.3 Å². The van der Waals surface area contributed by atoms with Gasteiger partial charge in [0.05, 0.1) is 17.4 Å². The lowest BCUT2D eigenvalue weighted by molar-refractivity contribution is 0.0734. The Morgan fingerprint density at radius 2 is 1.90 bits per heavy atom. The van der Waals surface area contributed by atoms with E-state index in [1.54, 1.807) is 61.1 Å². The van der Waals surface area contributed by atoms with Crippen LogP contribution in [0.1, 0.15) is 32.1 Å². The summed E-state index contributed by atoms with van der Waals surface area (Å²) in [5, 5.41) is 5.44. The van der Waals surface area contributed by atoms with Gasteiger partial charge >= 0.3 is 5.97 Å². The van der Waals surface area contributed by atoms with Crippen molar-refractivity contribution in [1.82, 2.24) is 14.5 Å². The fourth-order valence-corrected chi connectivity index (χ4v) is 3.82. The number of aromatic nitrogens is 3. The fourth-order valence-electron chi connectivity index (χ4n) is 3.07. The molecule has 0 aliphatic rings. The van der Waals surface area contributed by atoms with Crippen molar-refractivity contribution >= 4 is 28.9 Å². The van der Waals surface area contributed by atoms with E-state index in [9.17, 15) is 9.59 Å². The zero-order valence-electron chi connectivity index (χ0n) is 16.3. The number of pyridine rings is 1. The van der Waals surface area contributed by atoms with E-state index in [4.69, 9.17) is 4.74 Å². The minimum absolute atomic E-state index is 0.270. The number of rotatable bonds is 5. The molecule has 0 unspecified atom stereocenters. The molecule has 150 valence electrons. The zero-order valence-corrected chi connectivity index (χ0v) is 17.1. The van der Waals surface area contributed by atoms with Crippen molar-refractivity contribution in [2.24, 2.45) is 0 Å². The molecule has 8 heteroatoms. The van der Waals surface area contributed by atoms with Crippen LogP contribution in [0, 0.1) is 13.8 Å². The molecule has 1 N–H and O–H groups in total. The average molecular weight is 418 g/mol. The number of hydrogen-bond donors (Lipinski definition) is 1. The van der Waals surface area contributed by atoms with Crippen molar-refractivity contribution in [1.29, 1.82) is 0 Å². The molecule has 4 rings (SSSR count). The van der Waals surface area contributed by atoms with Crippen molar-refractivity contribution < 1.29 is 14.3 Å². The van der Waals surface area contributed by atoms with Gasteiger partial charge in [-0.25, -0.2) is 9.78 Å². The van der Waals surface area contributed by atoms with Crippen LogP contribution in [0.4, 0.5) is 5.69 Å². The Balaban J connectivity index is 1.47. The SMILES string of the molecule is Cc1cc(C(=O)Oc2ccc(C(=O)Nc3cccnc3)cc2)c(C)n1-c1nccs1. The van der Waals surface area contributed by atoms with E-state index in [0.29, 0.717) is 22.6 Å². The minimum atomic E-state index is -0.460. The summed E-state index contributed by atoms with van der Waals surface area (Å²) in [6.07, 6.45) is 4.92. The van der Waals surface area contributed by atoms with Crippen LogP contribution in [0.15, 0.2) is 66.4 Å². The number of nitrogens with one attached hydrogen (secondary N) is 1. The summed E-state index contributed by atoms with van der Waals surface area (Å²) in [6.45, 7) is 3.78. The van der Waals surface area contributed by atoms with E-state index in [1.807, 2.05) is 23.8 Å². The van der Waals surface area contributed by atoms with Gasteiger partial charge < -0.3 is 10.1 Å². The number of aryl methyl sites for hydroxylation is 1. The van der Waals surface area contributed by atoms with E-state index >= 15 is 0 Å². The van der Waals surface area contributed by atoms with Crippen molar-refractivity contribution in [3.8, 4) is 10.9 Å². The molecule has 0 aliphatic heterocycles. The number of amides is 1. The molecular formula is C22H18N4O3S. The Hall–Kier alpha value is -3.78. The van der Waals surface area contributed by atoms with Gasteiger partial charge in [-0.15, -0.1) is 11.3 Å². The molecular weight excluding hydrogens is 400 g/mol. The number of anilines is 1. The Morgan fingerprint density at radius 3 is 2.57 bits per heavy atom. The molecule has 0 atom stereocenters. The third-order valence-corrected chi connectivity index (χ3v) is 5.26. The van der Waals surface area contributed by atoms with Crippen LogP contribution < -0.4 is 10.1 Å². The third-order valence-electron chi connectivity index (χ3n) is 4.51. The topological polar surface area (TPSA) is 86.1 Å². The quantitative estimate of drug-likeness (QED) is 0.383. The van der Waals surface area contributed by atoms with Gasteiger partial charge in [0.25, 0.3) is 5.91 Å². The summed E-state index contributed by atoms with van der Waals surface area (Å²) < 4.78 is 7.43. The second kappa shape index (κ2) is 8.30. The second-order valence-electron chi connectivity index (χ2n) is 6.54. The summed E-state index contributed by atoms with van der Waals surface area (Å²) in [5.74, 6) is -0.372. The number of esters is 1. The molecule has 0 spiro atoms. The number of nitrogens with zero attached hydrogens (tertiary/aromatic N) is 3. The van der Waals surface area contributed by atoms with E-state index < -0.39 is 5.97 Å². The molecule has 0 aliphatic carbocycles. The highest BCUT2D eigenvalue weighted by Crippen LogP contribution is 2.24. The largest absolute Gasteiger partial charge is 0.423 e. The van der Waals surface area contributed by atoms with Crippen LogP contribution in [0.5, 0.6) is 5.75 Å². The molecule has 0 fully saturated rings. The Kier molecular flexibility index (Phi) is 5.40. The first-order chi connectivity index (χ1) is 14.5. The van der Waals surface area contributed by atoms with Gasteiger partial charge in [0.2, 0.25) is 0 Å². The second-order valence-corrected chi connectivity index (χ2v) is 7.42. The van der Waals surface area contributed by atoms with Crippen molar-refractivity contribution in [3.63, 3.8) is 0 Å². The fraction of sp³-hybridized carbons (Fsp3) is 0.0909. The number of hydrogen-bond acceptors (Lipinski definition) is 6.